The number of aliphatic hydroxyl groups excluding tert-OH is 1. The number of fused-ring (bicyclic) bond motifs is 2. The Hall–Kier alpha value is -3.54. The van der Waals surface area contributed by atoms with E-state index in [2.05, 4.69) is 42.3 Å². The predicted molar refractivity (Wildman–Crippen MR) is 140 cm³/mol. The molecule has 3 N–H and O–H groups in total. The molecular formula is C26H32N8O3. The quantitative estimate of drug-likeness (QED) is 0.331. The molecule has 6 rings (SSSR count). The first-order valence-corrected chi connectivity index (χ1v) is 12.9. The summed E-state index contributed by atoms with van der Waals surface area (Å²) in [5, 5.41) is 21.9. The Bertz CT molecular complexity index is 1420. The molecule has 194 valence electrons. The van der Waals surface area contributed by atoms with Crippen LogP contribution in [0, 0.1) is 5.92 Å². The summed E-state index contributed by atoms with van der Waals surface area (Å²) in [6.07, 6.45) is 6.83. The van der Waals surface area contributed by atoms with Gasteiger partial charge in [-0.3, -0.25) is 9.69 Å². The standard InChI is InChI=1S/C26H32N8O3/c1-27-21-13-20(31-34-22(15-29-25(21)34)26(36)30-14-17-4-5-23(17)35)19-16-33(24-18(19)3-2-6-28-24)8-7-32-9-11-37-12-10-32/h2-3,6,13,15-17,23,27,35H,4-5,7-12,14H2,1H3,(H,30,36)/t17-,23-/m1/s1. The fourth-order valence-electron chi connectivity index (χ4n) is 5.11. The molecule has 2 atom stereocenters. The third-order valence-electron chi connectivity index (χ3n) is 7.54. The predicted octanol–water partition coefficient (Wildman–Crippen LogP) is 1.62. The van der Waals surface area contributed by atoms with E-state index in [4.69, 9.17) is 9.84 Å². The van der Waals surface area contributed by atoms with Crippen molar-refractivity contribution in [2.75, 3.05) is 51.8 Å². The van der Waals surface area contributed by atoms with Gasteiger partial charge in [-0.25, -0.2) is 14.5 Å². The number of aliphatic hydroxyl groups is 1. The number of carbonyl (C=O) groups excluding carboxylic acids is 1. The van der Waals surface area contributed by atoms with Gasteiger partial charge in [0.05, 0.1) is 36.9 Å². The fourth-order valence-corrected chi connectivity index (χ4v) is 5.11. The number of ether oxygens (including phenoxy) is 1. The maximum Gasteiger partial charge on any atom is 0.271 e. The Balaban J connectivity index is 1.34. The van der Waals surface area contributed by atoms with E-state index in [0.717, 1.165) is 80.2 Å². The van der Waals surface area contributed by atoms with Gasteiger partial charge < -0.3 is 25.0 Å². The first-order chi connectivity index (χ1) is 18.1. The van der Waals surface area contributed by atoms with Crippen molar-refractivity contribution < 1.29 is 14.6 Å². The average molecular weight is 505 g/mol. The fraction of sp³-hybridized carbons (Fsp3) is 0.462. The lowest BCUT2D eigenvalue weighted by molar-refractivity contribution is 0.0244. The van der Waals surface area contributed by atoms with Crippen molar-refractivity contribution in [3.05, 3.63) is 42.5 Å². The van der Waals surface area contributed by atoms with E-state index in [-0.39, 0.29) is 17.9 Å². The highest BCUT2D eigenvalue weighted by Gasteiger charge is 2.29. The number of aromatic nitrogens is 5. The molecular weight excluding hydrogens is 472 g/mol. The van der Waals surface area contributed by atoms with Crippen LogP contribution in [0.25, 0.3) is 27.9 Å². The van der Waals surface area contributed by atoms with Gasteiger partial charge >= 0.3 is 0 Å². The average Bonchev–Trinajstić information content (AvgIpc) is 3.53. The normalized spacial score (nSPS) is 20.3. The molecule has 0 unspecified atom stereocenters. The van der Waals surface area contributed by atoms with Crippen molar-refractivity contribution in [2.45, 2.75) is 25.5 Å². The molecule has 11 nitrogen and oxygen atoms in total. The summed E-state index contributed by atoms with van der Waals surface area (Å²) in [6, 6.07) is 5.95. The highest BCUT2D eigenvalue weighted by Crippen LogP contribution is 2.31. The maximum absolute atomic E-state index is 13.0. The van der Waals surface area contributed by atoms with Gasteiger partial charge in [-0.1, -0.05) is 0 Å². The van der Waals surface area contributed by atoms with E-state index >= 15 is 0 Å². The zero-order valence-electron chi connectivity index (χ0n) is 20.9. The van der Waals surface area contributed by atoms with Crippen LogP contribution in [0.3, 0.4) is 0 Å². The summed E-state index contributed by atoms with van der Waals surface area (Å²) in [5.41, 5.74) is 4.28. The Morgan fingerprint density at radius 1 is 1.19 bits per heavy atom. The zero-order chi connectivity index (χ0) is 25.4. The molecule has 0 aromatic carbocycles. The molecule has 1 aliphatic heterocycles. The first-order valence-electron chi connectivity index (χ1n) is 12.9. The molecule has 37 heavy (non-hydrogen) atoms. The Labute approximate surface area is 214 Å². The van der Waals surface area contributed by atoms with Gasteiger partial charge in [-0.15, -0.1) is 0 Å². The summed E-state index contributed by atoms with van der Waals surface area (Å²) >= 11 is 0. The lowest BCUT2D eigenvalue weighted by atomic mass is 9.82. The van der Waals surface area contributed by atoms with Gasteiger partial charge in [0.15, 0.2) is 11.3 Å². The number of rotatable bonds is 8. The minimum atomic E-state index is -0.336. The van der Waals surface area contributed by atoms with Crippen molar-refractivity contribution in [1.29, 1.82) is 0 Å². The van der Waals surface area contributed by atoms with Crippen LogP contribution in [-0.4, -0.2) is 92.6 Å². The number of morpholine rings is 1. The molecule has 2 fully saturated rings. The summed E-state index contributed by atoms with van der Waals surface area (Å²) in [4.78, 5) is 24.6. The van der Waals surface area contributed by atoms with E-state index in [0.29, 0.717) is 17.9 Å². The van der Waals surface area contributed by atoms with Crippen LogP contribution in [0.4, 0.5) is 5.69 Å². The van der Waals surface area contributed by atoms with Crippen LogP contribution in [0.5, 0.6) is 0 Å². The summed E-state index contributed by atoms with van der Waals surface area (Å²) in [7, 11) is 1.83. The maximum atomic E-state index is 13.0. The molecule has 11 heteroatoms. The molecule has 2 aliphatic rings. The van der Waals surface area contributed by atoms with Crippen LogP contribution in [-0.2, 0) is 11.3 Å². The Morgan fingerprint density at radius 3 is 2.81 bits per heavy atom. The van der Waals surface area contributed by atoms with Gasteiger partial charge in [0, 0.05) is 69.0 Å². The zero-order valence-corrected chi connectivity index (χ0v) is 20.9. The minimum absolute atomic E-state index is 0.107. The number of anilines is 1. The monoisotopic (exact) mass is 504 g/mol. The van der Waals surface area contributed by atoms with Crippen LogP contribution in [0.1, 0.15) is 23.3 Å². The third kappa shape index (κ3) is 4.54. The SMILES string of the molecule is CNc1cc(-c2cn(CCN3CCOCC3)c3ncccc23)nn2c(C(=O)NC[C@H]3CC[C@H]3O)cnc12. The lowest BCUT2D eigenvalue weighted by Crippen LogP contribution is -2.41. The topological polar surface area (TPSA) is 122 Å². The second kappa shape index (κ2) is 10.1. The summed E-state index contributed by atoms with van der Waals surface area (Å²) < 4.78 is 9.25. The van der Waals surface area contributed by atoms with Crippen LogP contribution < -0.4 is 10.6 Å². The second-order valence-electron chi connectivity index (χ2n) is 9.75. The summed E-state index contributed by atoms with van der Waals surface area (Å²) in [6.45, 7) is 5.58. The summed E-state index contributed by atoms with van der Waals surface area (Å²) in [5.74, 6) is -0.150. The van der Waals surface area contributed by atoms with Crippen molar-refractivity contribution >= 4 is 28.3 Å². The molecule has 1 saturated heterocycles. The minimum Gasteiger partial charge on any atom is -0.393 e. The van der Waals surface area contributed by atoms with Crippen molar-refractivity contribution in [3.63, 3.8) is 0 Å². The number of hydrogen-bond donors (Lipinski definition) is 3. The lowest BCUT2D eigenvalue weighted by Gasteiger charge is -2.32. The first kappa shape index (κ1) is 23.8. The van der Waals surface area contributed by atoms with Crippen LogP contribution >= 0.6 is 0 Å². The number of amides is 1. The largest absolute Gasteiger partial charge is 0.393 e. The van der Waals surface area contributed by atoms with Crippen molar-refractivity contribution in [2.24, 2.45) is 5.92 Å². The number of hydrogen-bond acceptors (Lipinski definition) is 8. The van der Waals surface area contributed by atoms with Crippen molar-refractivity contribution in [1.82, 2.24) is 34.4 Å². The second-order valence-corrected chi connectivity index (χ2v) is 9.75. The molecule has 1 saturated carbocycles. The highest BCUT2D eigenvalue weighted by atomic mass is 16.5. The number of pyridine rings is 1. The van der Waals surface area contributed by atoms with Crippen LogP contribution in [0.15, 0.2) is 36.8 Å². The van der Waals surface area contributed by atoms with Gasteiger partial charge in [0.25, 0.3) is 5.91 Å². The highest BCUT2D eigenvalue weighted by molar-refractivity contribution is 5.96. The Morgan fingerprint density at radius 2 is 2.05 bits per heavy atom. The van der Waals surface area contributed by atoms with E-state index in [1.807, 2.05) is 25.4 Å². The smallest absolute Gasteiger partial charge is 0.271 e. The molecule has 0 spiro atoms. The van der Waals surface area contributed by atoms with E-state index < -0.39 is 0 Å². The van der Waals surface area contributed by atoms with E-state index in [1.54, 1.807) is 10.7 Å². The molecule has 0 bridgehead atoms. The molecule has 4 aromatic heterocycles. The number of nitrogens with one attached hydrogen (secondary N) is 2. The molecule has 1 aliphatic carbocycles. The van der Waals surface area contributed by atoms with Crippen LogP contribution in [0.2, 0.25) is 0 Å². The number of nitrogens with zero attached hydrogens (tertiary/aromatic N) is 6. The molecule has 4 aromatic rings. The number of carbonyl (C=O) groups is 1. The Kier molecular flexibility index (Phi) is 6.49. The van der Waals surface area contributed by atoms with Gasteiger partial charge in [0.1, 0.15) is 5.65 Å². The van der Waals surface area contributed by atoms with Gasteiger partial charge in [0.2, 0.25) is 0 Å². The van der Waals surface area contributed by atoms with Gasteiger partial charge in [-0.05, 0) is 31.0 Å². The molecule has 1 amide bonds. The van der Waals surface area contributed by atoms with Crippen molar-refractivity contribution in [3.8, 4) is 11.3 Å². The van der Waals surface area contributed by atoms with E-state index in [9.17, 15) is 9.90 Å². The third-order valence-corrected chi connectivity index (χ3v) is 7.54. The molecule has 5 heterocycles. The van der Waals surface area contributed by atoms with E-state index in [1.165, 1.54) is 0 Å². The number of imidazole rings is 1. The van der Waals surface area contributed by atoms with Gasteiger partial charge in [-0.2, -0.15) is 5.10 Å². The molecule has 0 radical (unpaired) electrons.